The first-order valence-corrected chi connectivity index (χ1v) is 11.4. The quantitative estimate of drug-likeness (QED) is 0.591. The van der Waals surface area contributed by atoms with E-state index in [1.54, 1.807) is 30.0 Å². The molecule has 6 heteroatoms. The fourth-order valence-corrected chi connectivity index (χ4v) is 5.02. The van der Waals surface area contributed by atoms with Gasteiger partial charge in [0.15, 0.2) is 5.69 Å². The molecule has 32 heavy (non-hydrogen) atoms. The predicted molar refractivity (Wildman–Crippen MR) is 121 cm³/mol. The highest BCUT2D eigenvalue weighted by atomic mass is 19.1. The van der Waals surface area contributed by atoms with Gasteiger partial charge in [-0.2, -0.15) is 5.10 Å². The summed E-state index contributed by atoms with van der Waals surface area (Å²) >= 11 is 0. The topological polar surface area (TPSA) is 47.4 Å². The summed E-state index contributed by atoms with van der Waals surface area (Å²) in [4.78, 5) is 15.3. The summed E-state index contributed by atoms with van der Waals surface area (Å²) in [5, 5.41) is 4.61. The Labute approximate surface area is 187 Å². The Bertz CT molecular complexity index is 1110. The SMILES string of the molecule is COc1ccc(CC2CCN(C(=O)c3nn(-c4ccccc4F)c4c3CCC4)CC2)cc1. The monoisotopic (exact) mass is 433 g/mol. The van der Waals surface area contributed by atoms with Crippen molar-refractivity contribution in [2.24, 2.45) is 5.92 Å². The second-order valence-electron chi connectivity index (χ2n) is 8.78. The molecule has 1 aliphatic carbocycles. The van der Waals surface area contributed by atoms with E-state index in [4.69, 9.17) is 4.74 Å². The zero-order chi connectivity index (χ0) is 22.1. The normalized spacial score (nSPS) is 16.2. The van der Waals surface area contributed by atoms with Crippen molar-refractivity contribution in [3.8, 4) is 11.4 Å². The van der Waals surface area contributed by atoms with Crippen molar-refractivity contribution in [2.75, 3.05) is 20.2 Å². The zero-order valence-electron chi connectivity index (χ0n) is 18.4. The van der Waals surface area contributed by atoms with Crippen LogP contribution in [0, 0.1) is 11.7 Å². The van der Waals surface area contributed by atoms with Crippen molar-refractivity contribution in [3.63, 3.8) is 0 Å². The highest BCUT2D eigenvalue weighted by Gasteiger charge is 2.32. The number of carbonyl (C=O) groups is 1. The Kier molecular flexibility index (Phi) is 5.68. The number of benzene rings is 2. The predicted octanol–water partition coefficient (Wildman–Crippen LogP) is 4.60. The Morgan fingerprint density at radius 1 is 1.09 bits per heavy atom. The number of halogens is 1. The number of ether oxygens (including phenoxy) is 1. The maximum atomic E-state index is 14.4. The lowest BCUT2D eigenvalue weighted by Crippen LogP contribution is -2.39. The molecule has 1 aromatic heterocycles. The van der Waals surface area contributed by atoms with Gasteiger partial charge in [-0.15, -0.1) is 0 Å². The van der Waals surface area contributed by atoms with Gasteiger partial charge in [0.2, 0.25) is 0 Å². The molecule has 0 saturated carbocycles. The van der Waals surface area contributed by atoms with Gasteiger partial charge in [0, 0.05) is 24.3 Å². The molecule has 1 saturated heterocycles. The lowest BCUT2D eigenvalue weighted by atomic mass is 9.90. The summed E-state index contributed by atoms with van der Waals surface area (Å²) in [7, 11) is 1.68. The molecule has 0 atom stereocenters. The molecule has 0 unspecified atom stereocenters. The van der Waals surface area contributed by atoms with Crippen molar-refractivity contribution in [1.82, 2.24) is 14.7 Å². The van der Waals surface area contributed by atoms with E-state index in [-0.39, 0.29) is 11.7 Å². The smallest absolute Gasteiger partial charge is 0.274 e. The highest BCUT2D eigenvalue weighted by Crippen LogP contribution is 2.31. The van der Waals surface area contributed by atoms with Crippen LogP contribution in [-0.2, 0) is 19.3 Å². The Morgan fingerprint density at radius 3 is 2.56 bits per heavy atom. The van der Waals surface area contributed by atoms with Crippen LogP contribution in [-0.4, -0.2) is 40.8 Å². The van der Waals surface area contributed by atoms with Gasteiger partial charge >= 0.3 is 0 Å². The summed E-state index contributed by atoms with van der Waals surface area (Å²) in [5.41, 5.74) is 4.21. The van der Waals surface area contributed by atoms with Crippen LogP contribution in [0.1, 0.15) is 46.6 Å². The largest absolute Gasteiger partial charge is 0.497 e. The number of aromatic nitrogens is 2. The summed E-state index contributed by atoms with van der Waals surface area (Å²) < 4.78 is 21.3. The van der Waals surface area contributed by atoms with Crippen LogP contribution in [0.4, 0.5) is 4.39 Å². The minimum absolute atomic E-state index is 0.0128. The van der Waals surface area contributed by atoms with E-state index < -0.39 is 0 Å². The number of piperidine rings is 1. The average molecular weight is 434 g/mol. The maximum absolute atomic E-state index is 14.4. The van der Waals surface area contributed by atoms with Crippen LogP contribution < -0.4 is 4.74 Å². The molecule has 5 nitrogen and oxygen atoms in total. The molecule has 1 fully saturated rings. The summed E-state index contributed by atoms with van der Waals surface area (Å²) in [6.45, 7) is 1.47. The molecule has 0 radical (unpaired) electrons. The molecular weight excluding hydrogens is 405 g/mol. The van der Waals surface area contributed by atoms with Crippen molar-refractivity contribution < 1.29 is 13.9 Å². The Morgan fingerprint density at radius 2 is 1.84 bits per heavy atom. The molecule has 5 rings (SSSR count). The Balaban J connectivity index is 1.28. The molecule has 2 aliphatic rings. The number of rotatable bonds is 5. The molecule has 1 aliphatic heterocycles. The second-order valence-corrected chi connectivity index (χ2v) is 8.78. The second kappa shape index (κ2) is 8.77. The number of nitrogens with zero attached hydrogens (tertiary/aromatic N) is 3. The molecule has 166 valence electrons. The van der Waals surface area contributed by atoms with Crippen LogP contribution in [0.15, 0.2) is 48.5 Å². The number of likely N-dealkylation sites (tertiary alicyclic amines) is 1. The molecule has 0 N–H and O–H groups in total. The van der Waals surface area contributed by atoms with E-state index in [9.17, 15) is 9.18 Å². The number of amides is 1. The van der Waals surface area contributed by atoms with Gasteiger partial charge in [-0.1, -0.05) is 24.3 Å². The Hall–Kier alpha value is -3.15. The summed E-state index contributed by atoms with van der Waals surface area (Å²) in [5.74, 6) is 1.11. The van der Waals surface area contributed by atoms with Crippen molar-refractivity contribution in [3.05, 3.63) is 76.9 Å². The highest BCUT2D eigenvalue weighted by molar-refractivity contribution is 5.94. The average Bonchev–Trinajstić information content (AvgIpc) is 3.43. The van der Waals surface area contributed by atoms with Gasteiger partial charge in [-0.05, 0) is 74.3 Å². The zero-order valence-corrected chi connectivity index (χ0v) is 18.4. The van der Waals surface area contributed by atoms with E-state index in [0.717, 1.165) is 68.6 Å². The maximum Gasteiger partial charge on any atom is 0.274 e. The van der Waals surface area contributed by atoms with Gasteiger partial charge in [0.05, 0.1) is 7.11 Å². The number of methoxy groups -OCH3 is 1. The van der Waals surface area contributed by atoms with Crippen LogP contribution in [0.3, 0.4) is 0 Å². The molecule has 1 amide bonds. The van der Waals surface area contributed by atoms with Crippen molar-refractivity contribution in [1.29, 1.82) is 0 Å². The van der Waals surface area contributed by atoms with E-state index in [1.165, 1.54) is 11.6 Å². The van der Waals surface area contributed by atoms with Crippen LogP contribution in [0.25, 0.3) is 5.69 Å². The third kappa shape index (κ3) is 3.90. The minimum Gasteiger partial charge on any atom is -0.497 e. The molecule has 2 heterocycles. The first kappa shape index (κ1) is 20.7. The van der Waals surface area contributed by atoms with Crippen molar-refractivity contribution in [2.45, 2.75) is 38.5 Å². The number of fused-ring (bicyclic) bond motifs is 1. The fraction of sp³-hybridized carbons (Fsp3) is 0.385. The third-order valence-electron chi connectivity index (χ3n) is 6.80. The van der Waals surface area contributed by atoms with Gasteiger partial charge in [0.1, 0.15) is 17.3 Å². The van der Waals surface area contributed by atoms with E-state index in [1.807, 2.05) is 17.0 Å². The minimum atomic E-state index is -0.317. The summed E-state index contributed by atoms with van der Waals surface area (Å²) in [6.07, 6.45) is 5.61. The van der Waals surface area contributed by atoms with E-state index in [0.29, 0.717) is 17.3 Å². The number of carbonyl (C=O) groups excluding carboxylic acids is 1. The lowest BCUT2D eigenvalue weighted by molar-refractivity contribution is 0.0683. The molecule has 3 aromatic rings. The van der Waals surface area contributed by atoms with E-state index in [2.05, 4.69) is 17.2 Å². The van der Waals surface area contributed by atoms with Crippen LogP contribution in [0.5, 0.6) is 5.75 Å². The number of hydrogen-bond donors (Lipinski definition) is 0. The molecule has 0 bridgehead atoms. The first-order valence-electron chi connectivity index (χ1n) is 11.4. The number of para-hydroxylation sites is 1. The summed E-state index contributed by atoms with van der Waals surface area (Å²) in [6, 6.07) is 14.9. The van der Waals surface area contributed by atoms with Crippen LogP contribution in [0.2, 0.25) is 0 Å². The van der Waals surface area contributed by atoms with Gasteiger partial charge in [-0.25, -0.2) is 9.07 Å². The third-order valence-corrected chi connectivity index (χ3v) is 6.80. The van der Waals surface area contributed by atoms with Gasteiger partial charge in [-0.3, -0.25) is 4.79 Å². The van der Waals surface area contributed by atoms with E-state index >= 15 is 0 Å². The van der Waals surface area contributed by atoms with Gasteiger partial charge in [0.25, 0.3) is 5.91 Å². The number of hydrogen-bond acceptors (Lipinski definition) is 3. The first-order chi connectivity index (χ1) is 15.6. The molecule has 0 spiro atoms. The fourth-order valence-electron chi connectivity index (χ4n) is 5.02. The molecule has 2 aromatic carbocycles. The van der Waals surface area contributed by atoms with Gasteiger partial charge < -0.3 is 9.64 Å². The standard InChI is InChI=1S/C26H28FN3O2/c1-32-20-11-9-18(10-12-20)17-19-13-15-29(16-14-19)26(31)25-21-5-4-8-23(21)30(28-25)24-7-3-2-6-22(24)27/h2-3,6-7,9-12,19H,4-5,8,13-17H2,1H3. The van der Waals surface area contributed by atoms with Crippen LogP contribution >= 0.6 is 0 Å². The lowest BCUT2D eigenvalue weighted by Gasteiger charge is -2.32. The van der Waals surface area contributed by atoms with Crippen molar-refractivity contribution >= 4 is 5.91 Å². The molecular formula is C26H28FN3O2.